The Hall–Kier alpha value is -1.02. The van der Waals surface area contributed by atoms with E-state index in [1.54, 1.807) is 23.4 Å². The molecule has 0 amide bonds. The number of rotatable bonds is 5. The largest absolute Gasteiger partial charge is 0.598 e. The first kappa shape index (κ1) is 20.3. The number of aromatic nitrogens is 2. The minimum Gasteiger partial charge on any atom is -0.598 e. The van der Waals surface area contributed by atoms with Crippen molar-refractivity contribution >= 4 is 34.0 Å². The molecule has 0 saturated carbocycles. The highest BCUT2D eigenvalue weighted by Crippen LogP contribution is 2.27. The van der Waals surface area contributed by atoms with Crippen LogP contribution in [0.4, 0.5) is 0 Å². The highest BCUT2D eigenvalue weighted by Gasteiger charge is 2.29. The minimum atomic E-state index is -1.20. The number of thioether (sulfide) groups is 1. The van der Waals surface area contributed by atoms with Gasteiger partial charge in [-0.05, 0) is 52.0 Å². The van der Waals surface area contributed by atoms with Crippen LogP contribution in [0.3, 0.4) is 0 Å². The Bertz CT molecular complexity index is 828. The van der Waals surface area contributed by atoms with Gasteiger partial charge in [-0.3, -0.25) is 9.36 Å². The van der Waals surface area contributed by atoms with E-state index in [-0.39, 0.29) is 16.3 Å². The molecule has 0 unspecified atom stereocenters. The molecule has 2 rings (SSSR count). The minimum absolute atomic E-state index is 0.0463. The smallest absolute Gasteiger partial charge is 0.261 e. The van der Waals surface area contributed by atoms with Gasteiger partial charge in [0.05, 0.1) is 16.9 Å². The summed E-state index contributed by atoms with van der Waals surface area (Å²) in [7, 11) is 1.76. The van der Waals surface area contributed by atoms with Crippen LogP contribution in [-0.2, 0) is 18.4 Å². The molecule has 7 heteroatoms. The number of benzene rings is 1. The van der Waals surface area contributed by atoms with Crippen molar-refractivity contribution in [3.8, 4) is 0 Å². The van der Waals surface area contributed by atoms with Crippen LogP contribution in [0, 0.1) is 6.92 Å². The van der Waals surface area contributed by atoms with E-state index in [1.165, 1.54) is 0 Å². The first-order valence-electron chi connectivity index (χ1n) is 8.38. The standard InChI is InChI=1S/C18H27N3O2S2/c1-8-24-17-19-15-13(12(3)20-25(23)18(4,5)6)9-11(2)10-14(15)16(22)21(17)7/h9-10,12,20H,8H2,1-7H3/t12-,25+/m0/s1. The van der Waals surface area contributed by atoms with Crippen LogP contribution in [0.1, 0.15) is 51.8 Å². The van der Waals surface area contributed by atoms with E-state index in [1.807, 2.05) is 53.7 Å². The predicted octanol–water partition coefficient (Wildman–Crippen LogP) is 3.47. The first-order chi connectivity index (χ1) is 11.6. The van der Waals surface area contributed by atoms with Gasteiger partial charge in [0.15, 0.2) is 5.16 Å². The number of nitrogens with zero attached hydrogens (tertiary/aromatic N) is 2. The van der Waals surface area contributed by atoms with Crippen LogP contribution >= 0.6 is 11.8 Å². The molecule has 0 aliphatic carbocycles. The average Bonchev–Trinajstić information content (AvgIpc) is 2.51. The van der Waals surface area contributed by atoms with E-state index >= 15 is 0 Å². The van der Waals surface area contributed by atoms with E-state index in [2.05, 4.69) is 4.72 Å². The van der Waals surface area contributed by atoms with Crippen molar-refractivity contribution < 1.29 is 4.55 Å². The van der Waals surface area contributed by atoms with E-state index in [0.717, 1.165) is 16.9 Å². The first-order valence-corrected chi connectivity index (χ1v) is 10.5. The molecular formula is C18H27N3O2S2. The lowest BCUT2D eigenvalue weighted by Crippen LogP contribution is -2.40. The summed E-state index contributed by atoms with van der Waals surface area (Å²) < 4.78 is 16.9. The van der Waals surface area contributed by atoms with Crippen molar-refractivity contribution in [1.82, 2.24) is 14.3 Å². The summed E-state index contributed by atoms with van der Waals surface area (Å²) >= 11 is 0.343. The summed E-state index contributed by atoms with van der Waals surface area (Å²) in [4.78, 5) is 17.5. The van der Waals surface area contributed by atoms with Gasteiger partial charge in [-0.15, -0.1) is 4.72 Å². The molecule has 1 aromatic heterocycles. The van der Waals surface area contributed by atoms with Crippen LogP contribution in [0.2, 0.25) is 0 Å². The Morgan fingerprint density at radius 2 is 2.04 bits per heavy atom. The Balaban J connectivity index is 2.61. The summed E-state index contributed by atoms with van der Waals surface area (Å²) in [5.74, 6) is 0.842. The highest BCUT2D eigenvalue weighted by atomic mass is 32.2. The monoisotopic (exact) mass is 381 g/mol. The summed E-state index contributed by atoms with van der Waals surface area (Å²) in [5.41, 5.74) is 2.54. The maximum atomic E-state index is 12.8. The highest BCUT2D eigenvalue weighted by molar-refractivity contribution is 7.99. The summed E-state index contributed by atoms with van der Waals surface area (Å²) in [6.45, 7) is 11.8. The Morgan fingerprint density at radius 1 is 1.40 bits per heavy atom. The van der Waals surface area contributed by atoms with Crippen molar-refractivity contribution in [2.45, 2.75) is 57.5 Å². The number of nitrogens with one attached hydrogen (secondary N) is 1. The molecule has 0 radical (unpaired) electrons. The van der Waals surface area contributed by atoms with Gasteiger partial charge in [0.1, 0.15) is 4.75 Å². The van der Waals surface area contributed by atoms with E-state index < -0.39 is 11.4 Å². The van der Waals surface area contributed by atoms with Crippen molar-refractivity contribution in [2.24, 2.45) is 7.05 Å². The van der Waals surface area contributed by atoms with E-state index in [9.17, 15) is 9.35 Å². The van der Waals surface area contributed by atoms with Crippen LogP contribution < -0.4 is 10.3 Å². The zero-order valence-electron chi connectivity index (χ0n) is 16.0. The zero-order valence-corrected chi connectivity index (χ0v) is 17.6. The molecule has 25 heavy (non-hydrogen) atoms. The topological polar surface area (TPSA) is 70.0 Å². The van der Waals surface area contributed by atoms with Crippen molar-refractivity contribution in [3.05, 3.63) is 33.6 Å². The van der Waals surface area contributed by atoms with Crippen molar-refractivity contribution in [2.75, 3.05) is 5.75 Å². The SMILES string of the molecule is CCSc1nc2c([C@H](C)N[S@+]([O-])C(C)(C)C)cc(C)cc2c(=O)n1C. The molecule has 0 bridgehead atoms. The van der Waals surface area contributed by atoms with Crippen molar-refractivity contribution in [1.29, 1.82) is 0 Å². The zero-order chi connectivity index (χ0) is 18.9. The molecule has 1 aromatic carbocycles. The number of hydrogen-bond acceptors (Lipinski definition) is 5. The molecule has 1 N–H and O–H groups in total. The third-order valence-corrected chi connectivity index (χ3v) is 6.49. The van der Waals surface area contributed by atoms with Crippen molar-refractivity contribution in [3.63, 3.8) is 0 Å². The molecule has 1 heterocycles. The second-order valence-electron chi connectivity index (χ2n) is 7.16. The molecule has 138 valence electrons. The molecule has 0 aliphatic heterocycles. The lowest BCUT2D eigenvalue weighted by atomic mass is 10.0. The summed E-state index contributed by atoms with van der Waals surface area (Å²) in [5, 5.41) is 1.31. The third-order valence-electron chi connectivity index (χ3n) is 3.89. The van der Waals surface area contributed by atoms with Crippen LogP contribution in [-0.4, -0.2) is 24.6 Å². The lowest BCUT2D eigenvalue weighted by molar-refractivity contribution is 0.531. The molecule has 2 aromatic rings. The van der Waals surface area contributed by atoms with Gasteiger partial charge < -0.3 is 4.55 Å². The van der Waals surface area contributed by atoms with Gasteiger partial charge >= 0.3 is 0 Å². The van der Waals surface area contributed by atoms with E-state index in [0.29, 0.717) is 16.1 Å². The molecule has 0 aliphatic rings. The maximum Gasteiger partial charge on any atom is 0.261 e. The second kappa shape index (κ2) is 7.70. The molecule has 0 spiro atoms. The summed E-state index contributed by atoms with van der Waals surface area (Å²) in [6.07, 6.45) is 0. The molecule has 0 fully saturated rings. The fourth-order valence-corrected chi connectivity index (χ4v) is 4.01. The van der Waals surface area contributed by atoms with Gasteiger partial charge in [-0.2, -0.15) is 0 Å². The van der Waals surface area contributed by atoms with Crippen LogP contribution in [0.5, 0.6) is 0 Å². The number of aryl methyl sites for hydroxylation is 1. The quantitative estimate of drug-likeness (QED) is 0.488. The maximum absolute atomic E-state index is 12.8. The fourth-order valence-electron chi connectivity index (χ4n) is 2.52. The molecule has 2 atom stereocenters. The normalized spacial score (nSPS) is 14.7. The number of fused-ring (bicyclic) bond motifs is 1. The van der Waals surface area contributed by atoms with Gasteiger partial charge in [0.25, 0.3) is 5.56 Å². The Labute approximate surface area is 156 Å². The van der Waals surface area contributed by atoms with Gasteiger partial charge in [-0.1, -0.05) is 24.8 Å². The Morgan fingerprint density at radius 3 is 2.60 bits per heavy atom. The van der Waals surface area contributed by atoms with Crippen LogP contribution in [0.25, 0.3) is 10.9 Å². The molecule has 5 nitrogen and oxygen atoms in total. The lowest BCUT2D eigenvalue weighted by Gasteiger charge is -2.27. The third kappa shape index (κ3) is 4.39. The fraction of sp³-hybridized carbons (Fsp3) is 0.556. The van der Waals surface area contributed by atoms with E-state index in [4.69, 9.17) is 4.98 Å². The number of hydrogen-bond donors (Lipinski definition) is 1. The van der Waals surface area contributed by atoms with Crippen LogP contribution in [0.15, 0.2) is 22.1 Å². The summed E-state index contributed by atoms with van der Waals surface area (Å²) in [6, 6.07) is 3.72. The average molecular weight is 382 g/mol. The second-order valence-corrected chi connectivity index (χ2v) is 10.4. The van der Waals surface area contributed by atoms with Gasteiger partial charge in [-0.25, -0.2) is 4.98 Å². The van der Waals surface area contributed by atoms with Gasteiger partial charge in [0.2, 0.25) is 0 Å². The van der Waals surface area contributed by atoms with Gasteiger partial charge in [0, 0.05) is 24.0 Å². The Kier molecular flexibility index (Phi) is 6.25. The molecule has 0 saturated heterocycles. The predicted molar refractivity (Wildman–Crippen MR) is 108 cm³/mol. The molecular weight excluding hydrogens is 354 g/mol.